The Morgan fingerprint density at radius 3 is 2.40 bits per heavy atom. The number of hydrogen-bond donors (Lipinski definition) is 2. The predicted octanol–water partition coefficient (Wildman–Crippen LogP) is 2.59. The van der Waals surface area contributed by atoms with Crippen LogP contribution >= 0.6 is 11.6 Å². The van der Waals surface area contributed by atoms with Crippen molar-refractivity contribution in [3.05, 3.63) is 34.9 Å². The SMILES string of the molecule is CC(C)(O)CCNCc1ccc(Cl)cc1. The number of halogens is 1. The second kappa shape index (κ2) is 5.50. The van der Waals surface area contributed by atoms with Gasteiger partial charge in [0.25, 0.3) is 0 Å². The molecule has 0 aromatic heterocycles. The van der Waals surface area contributed by atoms with Crippen molar-refractivity contribution in [1.29, 1.82) is 0 Å². The second-order valence-corrected chi connectivity index (χ2v) is 4.80. The van der Waals surface area contributed by atoms with Crippen molar-refractivity contribution in [2.45, 2.75) is 32.4 Å². The molecular formula is C12H18ClNO. The number of nitrogens with one attached hydrogen (secondary N) is 1. The van der Waals surface area contributed by atoms with Crippen LogP contribution in [0.1, 0.15) is 25.8 Å². The molecule has 0 saturated carbocycles. The van der Waals surface area contributed by atoms with E-state index in [1.165, 1.54) is 5.56 Å². The van der Waals surface area contributed by atoms with Gasteiger partial charge in [0, 0.05) is 11.6 Å². The Morgan fingerprint density at radius 1 is 1.27 bits per heavy atom. The van der Waals surface area contributed by atoms with Gasteiger partial charge in [0.2, 0.25) is 0 Å². The van der Waals surface area contributed by atoms with Gasteiger partial charge in [0.1, 0.15) is 0 Å². The molecule has 0 saturated heterocycles. The fourth-order valence-corrected chi connectivity index (χ4v) is 1.36. The molecule has 1 aromatic rings. The highest BCUT2D eigenvalue weighted by Crippen LogP contribution is 2.09. The first kappa shape index (κ1) is 12.5. The van der Waals surface area contributed by atoms with Crippen LogP contribution in [-0.2, 0) is 6.54 Å². The highest BCUT2D eigenvalue weighted by atomic mass is 35.5. The molecule has 0 aliphatic rings. The van der Waals surface area contributed by atoms with Crippen LogP contribution in [-0.4, -0.2) is 17.3 Å². The summed E-state index contributed by atoms with van der Waals surface area (Å²) in [7, 11) is 0. The molecule has 2 nitrogen and oxygen atoms in total. The van der Waals surface area contributed by atoms with E-state index in [0.717, 1.165) is 24.5 Å². The van der Waals surface area contributed by atoms with Crippen LogP contribution < -0.4 is 5.32 Å². The van der Waals surface area contributed by atoms with E-state index in [0.29, 0.717) is 0 Å². The number of hydrogen-bond acceptors (Lipinski definition) is 2. The van der Waals surface area contributed by atoms with Crippen molar-refractivity contribution in [3.63, 3.8) is 0 Å². The minimum absolute atomic E-state index is 0.590. The fourth-order valence-electron chi connectivity index (χ4n) is 1.23. The van der Waals surface area contributed by atoms with E-state index in [1.54, 1.807) is 0 Å². The van der Waals surface area contributed by atoms with E-state index >= 15 is 0 Å². The third-order valence-electron chi connectivity index (χ3n) is 2.16. The molecule has 0 aliphatic carbocycles. The summed E-state index contributed by atoms with van der Waals surface area (Å²) in [5, 5.41) is 13.5. The zero-order valence-electron chi connectivity index (χ0n) is 9.26. The molecule has 3 heteroatoms. The Morgan fingerprint density at radius 2 is 1.87 bits per heavy atom. The summed E-state index contributed by atoms with van der Waals surface area (Å²) in [6, 6.07) is 7.77. The molecule has 0 heterocycles. The predicted molar refractivity (Wildman–Crippen MR) is 64.1 cm³/mol. The highest BCUT2D eigenvalue weighted by Gasteiger charge is 2.10. The number of aliphatic hydroxyl groups is 1. The quantitative estimate of drug-likeness (QED) is 0.758. The van der Waals surface area contributed by atoms with Crippen molar-refractivity contribution in [2.24, 2.45) is 0 Å². The maximum atomic E-state index is 9.49. The average molecular weight is 228 g/mol. The minimum atomic E-state index is -0.590. The molecule has 0 radical (unpaired) electrons. The van der Waals surface area contributed by atoms with Crippen LogP contribution in [0.3, 0.4) is 0 Å². The van der Waals surface area contributed by atoms with E-state index in [1.807, 2.05) is 38.1 Å². The molecule has 0 atom stereocenters. The summed E-state index contributed by atoms with van der Waals surface area (Å²) in [5.41, 5.74) is 0.614. The van der Waals surface area contributed by atoms with Crippen LogP contribution in [0.5, 0.6) is 0 Å². The first-order chi connectivity index (χ1) is 6.97. The zero-order chi connectivity index (χ0) is 11.3. The van der Waals surface area contributed by atoms with Crippen molar-refractivity contribution < 1.29 is 5.11 Å². The summed E-state index contributed by atoms with van der Waals surface area (Å²) >= 11 is 5.78. The molecule has 84 valence electrons. The van der Waals surface area contributed by atoms with Gasteiger partial charge < -0.3 is 10.4 Å². The summed E-state index contributed by atoms with van der Waals surface area (Å²) < 4.78 is 0. The van der Waals surface area contributed by atoms with Crippen LogP contribution in [0.2, 0.25) is 5.02 Å². The summed E-state index contributed by atoms with van der Waals surface area (Å²) in [5.74, 6) is 0. The lowest BCUT2D eigenvalue weighted by atomic mass is 10.1. The van der Waals surface area contributed by atoms with Crippen molar-refractivity contribution in [3.8, 4) is 0 Å². The van der Waals surface area contributed by atoms with Gasteiger partial charge in [-0.1, -0.05) is 23.7 Å². The monoisotopic (exact) mass is 227 g/mol. The molecule has 0 spiro atoms. The molecule has 0 amide bonds. The highest BCUT2D eigenvalue weighted by molar-refractivity contribution is 6.30. The Bertz CT molecular complexity index is 289. The lowest BCUT2D eigenvalue weighted by Crippen LogP contribution is -2.26. The molecule has 1 rings (SSSR count). The van der Waals surface area contributed by atoms with Crippen LogP contribution in [0.25, 0.3) is 0 Å². The van der Waals surface area contributed by atoms with E-state index < -0.39 is 5.60 Å². The molecule has 2 N–H and O–H groups in total. The molecule has 0 fully saturated rings. The second-order valence-electron chi connectivity index (χ2n) is 4.37. The topological polar surface area (TPSA) is 32.3 Å². The normalized spacial score (nSPS) is 11.7. The Balaban J connectivity index is 2.23. The largest absolute Gasteiger partial charge is 0.390 e. The van der Waals surface area contributed by atoms with Crippen LogP contribution in [0.4, 0.5) is 0 Å². The van der Waals surface area contributed by atoms with Crippen molar-refractivity contribution >= 4 is 11.6 Å². The molecule has 15 heavy (non-hydrogen) atoms. The van der Waals surface area contributed by atoms with Crippen molar-refractivity contribution in [1.82, 2.24) is 5.32 Å². The third-order valence-corrected chi connectivity index (χ3v) is 2.41. The van der Waals surface area contributed by atoms with Gasteiger partial charge in [0.05, 0.1) is 5.60 Å². The lowest BCUT2D eigenvalue weighted by molar-refractivity contribution is 0.0711. The van der Waals surface area contributed by atoms with E-state index in [2.05, 4.69) is 5.32 Å². The third kappa shape index (κ3) is 5.78. The van der Waals surface area contributed by atoms with Gasteiger partial charge in [0.15, 0.2) is 0 Å². The van der Waals surface area contributed by atoms with Crippen LogP contribution in [0.15, 0.2) is 24.3 Å². The van der Waals surface area contributed by atoms with Crippen LogP contribution in [0, 0.1) is 0 Å². The summed E-state index contributed by atoms with van der Waals surface area (Å²) in [4.78, 5) is 0. The van der Waals surface area contributed by atoms with E-state index in [4.69, 9.17) is 11.6 Å². The summed E-state index contributed by atoms with van der Waals surface area (Å²) in [6.07, 6.45) is 0.751. The first-order valence-corrected chi connectivity index (χ1v) is 5.53. The molecule has 1 aromatic carbocycles. The summed E-state index contributed by atoms with van der Waals surface area (Å²) in [6.45, 7) is 5.26. The van der Waals surface area contributed by atoms with Gasteiger partial charge in [-0.2, -0.15) is 0 Å². The van der Waals surface area contributed by atoms with Crippen molar-refractivity contribution in [2.75, 3.05) is 6.54 Å². The molecule has 0 unspecified atom stereocenters. The average Bonchev–Trinajstić information content (AvgIpc) is 2.14. The fraction of sp³-hybridized carbons (Fsp3) is 0.500. The number of benzene rings is 1. The molecule has 0 bridgehead atoms. The Hall–Kier alpha value is -0.570. The zero-order valence-corrected chi connectivity index (χ0v) is 10.0. The van der Waals surface area contributed by atoms with Gasteiger partial charge in [-0.3, -0.25) is 0 Å². The van der Waals surface area contributed by atoms with E-state index in [9.17, 15) is 5.11 Å². The van der Waals surface area contributed by atoms with E-state index in [-0.39, 0.29) is 0 Å². The van der Waals surface area contributed by atoms with Gasteiger partial charge >= 0.3 is 0 Å². The smallest absolute Gasteiger partial charge is 0.0603 e. The van der Waals surface area contributed by atoms with Gasteiger partial charge in [-0.25, -0.2) is 0 Å². The maximum absolute atomic E-state index is 9.49. The van der Waals surface area contributed by atoms with Gasteiger partial charge in [-0.15, -0.1) is 0 Å². The number of rotatable bonds is 5. The minimum Gasteiger partial charge on any atom is -0.390 e. The Labute approximate surface area is 96.3 Å². The molecular weight excluding hydrogens is 210 g/mol. The van der Waals surface area contributed by atoms with Gasteiger partial charge in [-0.05, 0) is 44.5 Å². The maximum Gasteiger partial charge on any atom is 0.0603 e. The lowest BCUT2D eigenvalue weighted by Gasteiger charge is -2.16. The first-order valence-electron chi connectivity index (χ1n) is 5.15. The standard InChI is InChI=1S/C12H18ClNO/c1-12(2,15)7-8-14-9-10-3-5-11(13)6-4-10/h3-6,14-15H,7-9H2,1-2H3. The molecule has 0 aliphatic heterocycles. The Kier molecular flexibility index (Phi) is 4.58.